The summed E-state index contributed by atoms with van der Waals surface area (Å²) in [6, 6.07) is 10.0. The van der Waals surface area contributed by atoms with Crippen molar-refractivity contribution >= 4 is 5.91 Å². The number of nitrogens with one attached hydrogen (secondary N) is 1. The fraction of sp³-hybridized carbons (Fsp3) is 0.500. The van der Waals surface area contributed by atoms with Crippen LogP contribution in [0.3, 0.4) is 0 Å². The predicted octanol–water partition coefficient (Wildman–Crippen LogP) is 1.85. The monoisotopic (exact) mass is 235 g/mol. The van der Waals surface area contributed by atoms with Crippen molar-refractivity contribution in [2.24, 2.45) is 0 Å². The van der Waals surface area contributed by atoms with Crippen LogP contribution >= 0.6 is 0 Å². The lowest BCUT2D eigenvalue weighted by Gasteiger charge is -2.27. The maximum atomic E-state index is 11.6. The van der Waals surface area contributed by atoms with E-state index in [-0.39, 0.29) is 11.3 Å². The molecular weight excluding hydrogens is 214 g/mol. The molecule has 0 aliphatic carbocycles. The van der Waals surface area contributed by atoms with Crippen LogP contribution in [0, 0.1) is 0 Å². The van der Waals surface area contributed by atoms with Crippen LogP contribution < -0.4 is 5.32 Å². The fourth-order valence-corrected chi connectivity index (χ4v) is 1.51. The first-order valence-electron chi connectivity index (χ1n) is 5.80. The lowest BCUT2D eigenvalue weighted by Crippen LogP contribution is -2.46. The molecule has 0 unspecified atom stereocenters. The molecule has 1 rings (SSSR count). The summed E-state index contributed by atoms with van der Waals surface area (Å²) in [4.78, 5) is 11.6. The van der Waals surface area contributed by atoms with Crippen molar-refractivity contribution in [1.82, 2.24) is 5.32 Å². The van der Waals surface area contributed by atoms with Crippen molar-refractivity contribution in [3.8, 4) is 0 Å². The molecule has 3 heteroatoms. The molecule has 94 valence electrons. The van der Waals surface area contributed by atoms with E-state index in [9.17, 15) is 9.90 Å². The number of benzene rings is 1. The summed E-state index contributed by atoms with van der Waals surface area (Å²) in [5.41, 5.74) is -0.314. The Kier molecular flexibility index (Phi) is 3.94. The zero-order chi connectivity index (χ0) is 13.1. The van der Waals surface area contributed by atoms with Crippen LogP contribution in [0.25, 0.3) is 0 Å². The maximum Gasteiger partial charge on any atom is 0.251 e. The quantitative estimate of drug-likeness (QED) is 0.836. The molecule has 1 amide bonds. The van der Waals surface area contributed by atoms with Gasteiger partial charge in [0.15, 0.2) is 0 Å². The van der Waals surface area contributed by atoms with Crippen molar-refractivity contribution < 1.29 is 9.90 Å². The van der Waals surface area contributed by atoms with Gasteiger partial charge in [0.2, 0.25) is 0 Å². The van der Waals surface area contributed by atoms with E-state index in [2.05, 4.69) is 19.2 Å². The lowest BCUT2D eigenvalue weighted by atomic mass is 9.84. The topological polar surface area (TPSA) is 49.3 Å². The van der Waals surface area contributed by atoms with Crippen molar-refractivity contribution in [3.05, 3.63) is 35.9 Å². The van der Waals surface area contributed by atoms with Crippen LogP contribution in [0.15, 0.2) is 30.3 Å². The van der Waals surface area contributed by atoms with Gasteiger partial charge in [0.25, 0.3) is 5.91 Å². The summed E-state index contributed by atoms with van der Waals surface area (Å²) in [6.07, 6.45) is 0. The molecule has 17 heavy (non-hydrogen) atoms. The zero-order valence-corrected chi connectivity index (χ0v) is 10.9. The van der Waals surface area contributed by atoms with Crippen LogP contribution in [0.1, 0.15) is 33.3 Å². The van der Waals surface area contributed by atoms with Crippen LogP contribution in [0.4, 0.5) is 0 Å². The first-order valence-corrected chi connectivity index (χ1v) is 5.80. The van der Waals surface area contributed by atoms with E-state index >= 15 is 0 Å². The minimum atomic E-state index is -1.33. The molecule has 0 heterocycles. The van der Waals surface area contributed by atoms with Gasteiger partial charge in [0.05, 0.1) is 0 Å². The molecule has 0 radical (unpaired) electrons. The number of aliphatic hydroxyl groups is 1. The molecule has 0 spiro atoms. The van der Waals surface area contributed by atoms with E-state index in [1.54, 1.807) is 0 Å². The smallest absolute Gasteiger partial charge is 0.251 e. The summed E-state index contributed by atoms with van der Waals surface area (Å²) in [6.45, 7) is 7.59. The highest BCUT2D eigenvalue weighted by Crippen LogP contribution is 2.21. The minimum Gasteiger partial charge on any atom is -0.381 e. The molecule has 0 fully saturated rings. The SMILES string of the molecule is CC(C)(O)C(=O)NCC(C)(C)c1ccccc1. The summed E-state index contributed by atoms with van der Waals surface area (Å²) >= 11 is 0. The van der Waals surface area contributed by atoms with E-state index in [4.69, 9.17) is 0 Å². The molecule has 0 atom stereocenters. The van der Waals surface area contributed by atoms with E-state index in [0.717, 1.165) is 5.56 Å². The summed E-state index contributed by atoms with van der Waals surface area (Å²) < 4.78 is 0. The maximum absolute atomic E-state index is 11.6. The van der Waals surface area contributed by atoms with E-state index in [0.29, 0.717) is 6.54 Å². The molecule has 1 aromatic carbocycles. The molecule has 1 aromatic rings. The second-order valence-electron chi connectivity index (χ2n) is 5.49. The Morgan fingerprint density at radius 2 is 1.71 bits per heavy atom. The van der Waals surface area contributed by atoms with E-state index in [1.807, 2.05) is 30.3 Å². The number of rotatable bonds is 4. The van der Waals surface area contributed by atoms with Crippen molar-refractivity contribution in [1.29, 1.82) is 0 Å². The molecule has 0 aliphatic rings. The van der Waals surface area contributed by atoms with E-state index in [1.165, 1.54) is 13.8 Å². The average Bonchev–Trinajstić information content (AvgIpc) is 2.26. The number of carbonyl (C=O) groups is 1. The third-order valence-corrected chi connectivity index (χ3v) is 2.80. The fourth-order valence-electron chi connectivity index (χ4n) is 1.51. The molecule has 0 saturated heterocycles. The summed E-state index contributed by atoms with van der Waals surface area (Å²) in [5, 5.41) is 12.3. The van der Waals surface area contributed by atoms with Crippen molar-refractivity contribution in [2.75, 3.05) is 6.54 Å². The Labute approximate surface area is 103 Å². The van der Waals surface area contributed by atoms with Gasteiger partial charge in [0.1, 0.15) is 5.60 Å². The van der Waals surface area contributed by atoms with Gasteiger partial charge in [-0.15, -0.1) is 0 Å². The molecule has 0 aromatic heterocycles. The Balaban J connectivity index is 2.66. The first-order chi connectivity index (χ1) is 7.73. The molecule has 0 aliphatic heterocycles. The normalized spacial score (nSPS) is 12.3. The highest BCUT2D eigenvalue weighted by molar-refractivity contribution is 5.83. The van der Waals surface area contributed by atoms with E-state index < -0.39 is 5.60 Å². The highest BCUT2D eigenvalue weighted by Gasteiger charge is 2.27. The predicted molar refractivity (Wildman–Crippen MR) is 68.8 cm³/mol. The van der Waals surface area contributed by atoms with Gasteiger partial charge in [-0.05, 0) is 19.4 Å². The number of carbonyl (C=O) groups excluding carboxylic acids is 1. The van der Waals surface area contributed by atoms with Gasteiger partial charge in [-0.3, -0.25) is 4.79 Å². The average molecular weight is 235 g/mol. The van der Waals surface area contributed by atoms with Crippen LogP contribution in [0.5, 0.6) is 0 Å². The standard InChI is InChI=1S/C14H21NO2/c1-13(2,11-8-6-5-7-9-11)10-15-12(16)14(3,4)17/h5-9,17H,10H2,1-4H3,(H,15,16). The van der Waals surface area contributed by atoms with Crippen LogP contribution in [-0.4, -0.2) is 23.2 Å². The molecule has 3 nitrogen and oxygen atoms in total. The van der Waals surface area contributed by atoms with Gasteiger partial charge in [-0.25, -0.2) is 0 Å². The second kappa shape index (κ2) is 4.88. The third-order valence-electron chi connectivity index (χ3n) is 2.80. The number of amides is 1. The zero-order valence-electron chi connectivity index (χ0n) is 10.9. The molecule has 2 N–H and O–H groups in total. The van der Waals surface area contributed by atoms with Gasteiger partial charge in [0, 0.05) is 12.0 Å². The summed E-state index contributed by atoms with van der Waals surface area (Å²) in [7, 11) is 0. The van der Waals surface area contributed by atoms with Crippen LogP contribution in [-0.2, 0) is 10.2 Å². The largest absolute Gasteiger partial charge is 0.381 e. The van der Waals surface area contributed by atoms with Gasteiger partial charge >= 0.3 is 0 Å². The first kappa shape index (κ1) is 13.7. The Morgan fingerprint density at radius 3 is 2.18 bits per heavy atom. The lowest BCUT2D eigenvalue weighted by molar-refractivity contribution is -0.136. The number of hydrogen-bond donors (Lipinski definition) is 2. The van der Waals surface area contributed by atoms with Gasteiger partial charge in [-0.2, -0.15) is 0 Å². The second-order valence-corrected chi connectivity index (χ2v) is 5.49. The molecular formula is C14H21NO2. The van der Waals surface area contributed by atoms with Gasteiger partial charge in [-0.1, -0.05) is 44.2 Å². The van der Waals surface area contributed by atoms with Crippen molar-refractivity contribution in [2.45, 2.75) is 38.7 Å². The Hall–Kier alpha value is -1.35. The molecule has 0 bridgehead atoms. The Bertz CT molecular complexity index is 377. The van der Waals surface area contributed by atoms with Crippen LogP contribution in [0.2, 0.25) is 0 Å². The van der Waals surface area contributed by atoms with Crippen molar-refractivity contribution in [3.63, 3.8) is 0 Å². The summed E-state index contributed by atoms with van der Waals surface area (Å²) in [5.74, 6) is -0.346. The highest BCUT2D eigenvalue weighted by atomic mass is 16.3. The van der Waals surface area contributed by atoms with Gasteiger partial charge < -0.3 is 10.4 Å². The Morgan fingerprint density at radius 1 is 1.18 bits per heavy atom. The minimum absolute atomic E-state index is 0.151. The third kappa shape index (κ3) is 3.86. The number of hydrogen-bond acceptors (Lipinski definition) is 2. The molecule has 0 saturated carbocycles.